The molecule has 0 aromatic heterocycles. The Morgan fingerprint density at radius 2 is 1.83 bits per heavy atom. The van der Waals surface area contributed by atoms with Crippen molar-refractivity contribution in [3.8, 4) is 0 Å². The van der Waals surface area contributed by atoms with Gasteiger partial charge < -0.3 is 25.4 Å². The number of amides is 3. The topological polar surface area (TPSA) is 133 Å². The molecule has 30 heavy (non-hydrogen) atoms. The van der Waals surface area contributed by atoms with E-state index in [1.165, 1.54) is 30.0 Å². The summed E-state index contributed by atoms with van der Waals surface area (Å²) in [4.78, 5) is 60.8. The second-order valence-corrected chi connectivity index (χ2v) is 7.76. The van der Waals surface area contributed by atoms with Crippen LogP contribution in [0.5, 0.6) is 0 Å². The Labute approximate surface area is 182 Å². The Hall–Kier alpha value is -2.65. The van der Waals surface area contributed by atoms with E-state index in [4.69, 9.17) is 28.3 Å². The number of carboxylic acids is 1. The number of halogens is 2. The molecule has 1 aliphatic heterocycles. The molecule has 1 saturated heterocycles. The first-order valence-corrected chi connectivity index (χ1v) is 9.93. The first kappa shape index (κ1) is 23.6. The van der Waals surface area contributed by atoms with Gasteiger partial charge in [-0.05, 0) is 38.0 Å². The molecule has 0 radical (unpaired) electrons. The van der Waals surface area contributed by atoms with Gasteiger partial charge in [-0.2, -0.15) is 0 Å². The molecule has 1 aromatic rings. The Morgan fingerprint density at radius 3 is 2.40 bits per heavy atom. The first-order chi connectivity index (χ1) is 14.1. The zero-order chi connectivity index (χ0) is 22.4. The van der Waals surface area contributed by atoms with Gasteiger partial charge in [-0.3, -0.25) is 19.2 Å². The van der Waals surface area contributed by atoms with Crippen molar-refractivity contribution in [2.75, 3.05) is 6.54 Å². The molecule has 0 spiro atoms. The number of carboxylic acid groups (broad SMARTS) is 1. The second kappa shape index (κ2) is 10.4. The Kier molecular flexibility index (Phi) is 8.19. The van der Waals surface area contributed by atoms with Gasteiger partial charge in [0.05, 0.1) is 12.5 Å². The van der Waals surface area contributed by atoms with Crippen LogP contribution in [0.4, 0.5) is 0 Å². The lowest BCUT2D eigenvalue weighted by molar-refractivity contribution is -0.141. The fourth-order valence-electron chi connectivity index (χ4n) is 3.18. The summed E-state index contributed by atoms with van der Waals surface area (Å²) in [7, 11) is 0. The van der Waals surface area contributed by atoms with E-state index in [1.54, 1.807) is 0 Å². The number of aldehydes is 1. The summed E-state index contributed by atoms with van der Waals surface area (Å²) in [6.45, 7) is 1.78. The molecule has 1 heterocycles. The lowest BCUT2D eigenvalue weighted by Gasteiger charge is -2.27. The van der Waals surface area contributed by atoms with Crippen LogP contribution in [0.2, 0.25) is 10.0 Å². The highest BCUT2D eigenvalue weighted by Crippen LogP contribution is 2.21. The molecule has 3 atom stereocenters. The number of likely N-dealkylation sites (tertiary alicyclic amines) is 1. The molecule has 9 nitrogen and oxygen atoms in total. The van der Waals surface area contributed by atoms with Crippen LogP contribution < -0.4 is 10.6 Å². The number of hydrogen-bond donors (Lipinski definition) is 3. The lowest BCUT2D eigenvalue weighted by Crippen LogP contribution is -2.54. The smallest absolute Gasteiger partial charge is 0.305 e. The number of benzene rings is 1. The highest BCUT2D eigenvalue weighted by atomic mass is 35.5. The minimum atomic E-state index is -1.23. The van der Waals surface area contributed by atoms with E-state index < -0.39 is 48.2 Å². The minimum absolute atomic E-state index is 0.186. The maximum Gasteiger partial charge on any atom is 0.305 e. The lowest BCUT2D eigenvalue weighted by atomic mass is 10.1. The van der Waals surface area contributed by atoms with Crippen LogP contribution in [0.15, 0.2) is 18.2 Å². The van der Waals surface area contributed by atoms with Crippen LogP contribution >= 0.6 is 23.2 Å². The van der Waals surface area contributed by atoms with Gasteiger partial charge >= 0.3 is 5.97 Å². The van der Waals surface area contributed by atoms with E-state index in [0.29, 0.717) is 25.7 Å². The van der Waals surface area contributed by atoms with E-state index in [1.807, 2.05) is 0 Å². The van der Waals surface area contributed by atoms with Gasteiger partial charge in [0.15, 0.2) is 0 Å². The maximum absolute atomic E-state index is 12.8. The van der Waals surface area contributed by atoms with Crippen LogP contribution in [0.3, 0.4) is 0 Å². The van der Waals surface area contributed by atoms with Crippen LogP contribution in [-0.4, -0.2) is 64.7 Å². The largest absolute Gasteiger partial charge is 0.481 e. The number of aliphatic carboxylic acids is 1. The molecule has 1 aliphatic rings. The molecule has 162 valence electrons. The molecule has 3 amide bonds. The number of carbonyl (C=O) groups is 5. The molecular weight excluding hydrogens is 437 g/mol. The maximum atomic E-state index is 12.8. The molecule has 0 bridgehead atoms. The molecular formula is C19H21Cl2N3O6. The first-order valence-electron chi connectivity index (χ1n) is 9.17. The molecule has 3 unspecified atom stereocenters. The summed E-state index contributed by atoms with van der Waals surface area (Å²) in [6.07, 6.45) is 0.705. The average Bonchev–Trinajstić information content (AvgIpc) is 3.15. The Bertz CT molecular complexity index is 842. The highest BCUT2D eigenvalue weighted by molar-refractivity contribution is 6.35. The van der Waals surface area contributed by atoms with Crippen molar-refractivity contribution in [1.29, 1.82) is 0 Å². The van der Waals surface area contributed by atoms with Crippen molar-refractivity contribution in [2.45, 2.75) is 44.3 Å². The third-order valence-electron chi connectivity index (χ3n) is 4.57. The van der Waals surface area contributed by atoms with Gasteiger partial charge in [0.2, 0.25) is 11.8 Å². The average molecular weight is 458 g/mol. The van der Waals surface area contributed by atoms with Crippen molar-refractivity contribution in [3.63, 3.8) is 0 Å². The van der Waals surface area contributed by atoms with Crippen LogP contribution in [0.1, 0.15) is 36.5 Å². The summed E-state index contributed by atoms with van der Waals surface area (Å²) in [6, 6.07) is 1.32. The second-order valence-electron chi connectivity index (χ2n) is 6.89. The summed E-state index contributed by atoms with van der Waals surface area (Å²) in [5, 5.41) is 14.2. The van der Waals surface area contributed by atoms with Crippen LogP contribution in [0, 0.1) is 0 Å². The molecule has 2 rings (SSSR count). The van der Waals surface area contributed by atoms with E-state index in [2.05, 4.69) is 10.6 Å². The quantitative estimate of drug-likeness (QED) is 0.503. The third-order valence-corrected chi connectivity index (χ3v) is 5.00. The van der Waals surface area contributed by atoms with Gasteiger partial charge in [0.1, 0.15) is 18.4 Å². The van der Waals surface area contributed by atoms with Gasteiger partial charge in [-0.1, -0.05) is 23.2 Å². The number of nitrogens with zero attached hydrogens (tertiary/aromatic N) is 1. The summed E-state index contributed by atoms with van der Waals surface area (Å²) >= 11 is 11.8. The minimum Gasteiger partial charge on any atom is -0.481 e. The number of carbonyl (C=O) groups excluding carboxylic acids is 4. The fraction of sp³-hybridized carbons (Fsp3) is 0.421. The van der Waals surface area contributed by atoms with Crippen molar-refractivity contribution in [2.24, 2.45) is 0 Å². The van der Waals surface area contributed by atoms with Gasteiger partial charge in [-0.15, -0.1) is 0 Å². The van der Waals surface area contributed by atoms with Gasteiger partial charge in [0, 0.05) is 22.2 Å². The number of nitrogens with one attached hydrogen (secondary N) is 2. The fourth-order valence-corrected chi connectivity index (χ4v) is 3.70. The summed E-state index contributed by atoms with van der Waals surface area (Å²) in [5.74, 6) is -2.87. The normalized spacial score (nSPS) is 17.7. The SMILES string of the molecule is CC(NC(=O)c1cc(Cl)cc(Cl)c1)C(=O)N1CCCC1C(=O)NC(C=O)CC(=O)O. The van der Waals surface area contributed by atoms with Crippen LogP contribution in [-0.2, 0) is 19.2 Å². The predicted octanol–water partition coefficient (Wildman–Crippen LogP) is 1.26. The van der Waals surface area contributed by atoms with Crippen LogP contribution in [0.25, 0.3) is 0 Å². The van der Waals surface area contributed by atoms with Crippen molar-refractivity contribution < 1.29 is 29.1 Å². The van der Waals surface area contributed by atoms with Crippen molar-refractivity contribution in [1.82, 2.24) is 15.5 Å². The molecule has 3 N–H and O–H groups in total. The van der Waals surface area contributed by atoms with Crippen molar-refractivity contribution >= 4 is 53.2 Å². The molecule has 0 saturated carbocycles. The summed E-state index contributed by atoms with van der Waals surface area (Å²) in [5.41, 5.74) is 0.186. The van der Waals surface area contributed by atoms with Gasteiger partial charge in [0.25, 0.3) is 5.91 Å². The monoisotopic (exact) mass is 457 g/mol. The molecule has 11 heteroatoms. The zero-order valence-corrected chi connectivity index (χ0v) is 17.6. The van der Waals surface area contributed by atoms with E-state index >= 15 is 0 Å². The highest BCUT2D eigenvalue weighted by Gasteiger charge is 2.37. The number of hydrogen-bond acceptors (Lipinski definition) is 5. The standard InChI is InChI=1S/C19H21Cl2N3O6/c1-10(22-17(28)11-5-12(20)7-13(21)6-11)19(30)24-4-2-3-15(24)18(29)23-14(9-25)8-16(26)27/h5-7,9-10,14-15H,2-4,8H2,1H3,(H,22,28)(H,23,29)(H,26,27). The third kappa shape index (κ3) is 6.17. The van der Waals surface area contributed by atoms with E-state index in [9.17, 15) is 24.0 Å². The van der Waals surface area contributed by atoms with E-state index in [0.717, 1.165) is 0 Å². The Balaban J connectivity index is 2.03. The summed E-state index contributed by atoms with van der Waals surface area (Å²) < 4.78 is 0. The molecule has 1 fully saturated rings. The molecule has 1 aromatic carbocycles. The number of rotatable bonds is 8. The zero-order valence-electron chi connectivity index (χ0n) is 16.1. The van der Waals surface area contributed by atoms with Crippen molar-refractivity contribution in [3.05, 3.63) is 33.8 Å². The Morgan fingerprint density at radius 1 is 1.20 bits per heavy atom. The predicted molar refractivity (Wildman–Crippen MR) is 108 cm³/mol. The molecule has 0 aliphatic carbocycles. The van der Waals surface area contributed by atoms with Gasteiger partial charge in [-0.25, -0.2) is 0 Å². The van der Waals surface area contributed by atoms with E-state index in [-0.39, 0.29) is 15.6 Å².